The fourth-order valence-electron chi connectivity index (χ4n) is 4.50. The molecule has 0 saturated heterocycles. The van der Waals surface area contributed by atoms with Crippen molar-refractivity contribution in [2.45, 2.75) is 19.6 Å². The Bertz CT molecular complexity index is 1490. The van der Waals surface area contributed by atoms with Crippen LogP contribution in [0.3, 0.4) is 0 Å². The monoisotopic (exact) mass is 466 g/mol. The maximum Gasteiger partial charge on any atom is 0.255 e. The van der Waals surface area contributed by atoms with Crippen LogP contribution in [0, 0.1) is 0 Å². The molecule has 0 radical (unpaired) electrons. The number of aromatic nitrogens is 3. The molecule has 35 heavy (non-hydrogen) atoms. The van der Waals surface area contributed by atoms with Crippen LogP contribution < -0.4 is 16.0 Å². The van der Waals surface area contributed by atoms with E-state index in [0.29, 0.717) is 28.5 Å². The van der Waals surface area contributed by atoms with Crippen LogP contribution in [0.4, 0.5) is 17.2 Å². The number of rotatable bonds is 6. The number of nitrogens with zero attached hydrogens (tertiary/aromatic N) is 3. The van der Waals surface area contributed by atoms with E-state index < -0.39 is 6.04 Å². The Balaban J connectivity index is 1.59. The Kier molecular flexibility index (Phi) is 5.80. The van der Waals surface area contributed by atoms with Gasteiger partial charge in [0, 0.05) is 48.0 Å². The fourth-order valence-corrected chi connectivity index (χ4v) is 4.50. The predicted molar refractivity (Wildman–Crippen MR) is 139 cm³/mol. The molecule has 1 aliphatic rings. The van der Waals surface area contributed by atoms with Gasteiger partial charge in [0.25, 0.3) is 5.91 Å². The second-order valence-electron chi connectivity index (χ2n) is 8.38. The highest BCUT2D eigenvalue weighted by molar-refractivity contribution is 6.07. The molecule has 2 aromatic carbocycles. The summed E-state index contributed by atoms with van der Waals surface area (Å²) in [5, 5.41) is 25.8. The van der Waals surface area contributed by atoms with E-state index in [0.717, 1.165) is 27.6 Å². The zero-order valence-electron chi connectivity index (χ0n) is 19.5. The third-order valence-electron chi connectivity index (χ3n) is 6.21. The lowest BCUT2D eigenvalue weighted by Crippen LogP contribution is -2.31. The number of aliphatic hydroxyl groups is 1. The largest absolute Gasteiger partial charge is 0.390 e. The highest BCUT2D eigenvalue weighted by Crippen LogP contribution is 2.38. The first-order valence-corrected chi connectivity index (χ1v) is 11.3. The standard InChI is InChI=1S/C27H26N6O2/c1-4-17-5-6-19(12-23(17)28-3)26-25(16(2)30-24-13-22(15-34)32-33(24)26)27(35)31-21-8-7-20-14-29-10-9-18(20)11-21/h4-14,26,28,30,34H,1,15H2,2-3H3,(H,31,35). The van der Waals surface area contributed by atoms with Gasteiger partial charge in [0.1, 0.15) is 11.9 Å². The maximum atomic E-state index is 13.7. The molecule has 0 fully saturated rings. The van der Waals surface area contributed by atoms with Gasteiger partial charge in [-0.05, 0) is 47.7 Å². The van der Waals surface area contributed by atoms with E-state index in [1.807, 2.05) is 56.4 Å². The molecule has 1 aliphatic heterocycles. The quantitative estimate of drug-likeness (QED) is 0.333. The van der Waals surface area contributed by atoms with Crippen LogP contribution in [0.5, 0.6) is 0 Å². The summed E-state index contributed by atoms with van der Waals surface area (Å²) >= 11 is 0. The van der Waals surface area contributed by atoms with Gasteiger partial charge in [-0.3, -0.25) is 9.78 Å². The van der Waals surface area contributed by atoms with Crippen molar-refractivity contribution in [3.8, 4) is 0 Å². The van der Waals surface area contributed by atoms with Crippen molar-refractivity contribution in [1.29, 1.82) is 0 Å². The Morgan fingerprint density at radius 3 is 2.83 bits per heavy atom. The van der Waals surface area contributed by atoms with E-state index in [9.17, 15) is 9.90 Å². The summed E-state index contributed by atoms with van der Waals surface area (Å²) in [5.74, 6) is 0.476. The molecule has 8 heteroatoms. The molecule has 0 saturated carbocycles. The van der Waals surface area contributed by atoms with Crippen LogP contribution in [-0.4, -0.2) is 32.8 Å². The molecule has 1 amide bonds. The molecule has 4 aromatic rings. The van der Waals surface area contributed by atoms with Crippen molar-refractivity contribution in [2.75, 3.05) is 23.0 Å². The molecular formula is C27H26N6O2. The Morgan fingerprint density at radius 1 is 1.20 bits per heavy atom. The molecule has 8 nitrogen and oxygen atoms in total. The van der Waals surface area contributed by atoms with Crippen molar-refractivity contribution in [3.63, 3.8) is 0 Å². The summed E-state index contributed by atoms with van der Waals surface area (Å²) in [4.78, 5) is 17.9. The topological polar surface area (TPSA) is 104 Å². The number of carbonyl (C=O) groups is 1. The Morgan fingerprint density at radius 2 is 2.06 bits per heavy atom. The average molecular weight is 467 g/mol. The minimum atomic E-state index is -0.498. The molecule has 1 atom stereocenters. The van der Waals surface area contributed by atoms with E-state index in [1.165, 1.54) is 0 Å². The number of aliphatic hydroxyl groups excluding tert-OH is 1. The number of anilines is 3. The summed E-state index contributed by atoms with van der Waals surface area (Å²) in [7, 11) is 1.85. The van der Waals surface area contributed by atoms with Crippen LogP contribution in [0.15, 0.2) is 78.8 Å². The zero-order valence-corrected chi connectivity index (χ0v) is 19.5. The van der Waals surface area contributed by atoms with E-state index in [-0.39, 0.29) is 12.5 Å². The average Bonchev–Trinajstić information content (AvgIpc) is 3.30. The minimum absolute atomic E-state index is 0.196. The van der Waals surface area contributed by atoms with Gasteiger partial charge in [0.05, 0.1) is 17.9 Å². The highest BCUT2D eigenvalue weighted by Gasteiger charge is 2.33. The number of nitrogens with one attached hydrogen (secondary N) is 3. The Hall–Kier alpha value is -4.43. The number of carbonyl (C=O) groups excluding carboxylic acids is 1. The molecule has 0 aliphatic carbocycles. The number of amides is 1. The lowest BCUT2D eigenvalue weighted by Gasteiger charge is -2.30. The van der Waals surface area contributed by atoms with Crippen molar-refractivity contribution < 1.29 is 9.90 Å². The maximum absolute atomic E-state index is 13.7. The van der Waals surface area contributed by atoms with Crippen LogP contribution in [0.1, 0.15) is 29.8 Å². The number of benzene rings is 2. The summed E-state index contributed by atoms with van der Waals surface area (Å²) in [5.41, 5.74) is 5.19. The summed E-state index contributed by atoms with van der Waals surface area (Å²) in [6, 6.07) is 14.9. The number of allylic oxidation sites excluding steroid dienone is 1. The third-order valence-corrected chi connectivity index (χ3v) is 6.21. The number of fused-ring (bicyclic) bond motifs is 2. The molecule has 0 spiro atoms. The van der Waals surface area contributed by atoms with Gasteiger partial charge in [-0.1, -0.05) is 30.9 Å². The lowest BCUT2D eigenvalue weighted by molar-refractivity contribution is -0.113. The van der Waals surface area contributed by atoms with Gasteiger partial charge in [-0.2, -0.15) is 5.10 Å². The van der Waals surface area contributed by atoms with E-state index >= 15 is 0 Å². The van der Waals surface area contributed by atoms with Gasteiger partial charge >= 0.3 is 0 Å². The lowest BCUT2D eigenvalue weighted by atomic mass is 9.93. The fraction of sp³-hybridized carbons (Fsp3) is 0.148. The van der Waals surface area contributed by atoms with Crippen LogP contribution >= 0.6 is 0 Å². The smallest absolute Gasteiger partial charge is 0.255 e. The first-order valence-electron chi connectivity index (χ1n) is 11.3. The molecule has 4 N–H and O–H groups in total. The first-order chi connectivity index (χ1) is 17.0. The van der Waals surface area contributed by atoms with Gasteiger partial charge < -0.3 is 21.1 Å². The SMILES string of the molecule is C=Cc1ccc(C2C(C(=O)Nc3ccc4cnccc4c3)=C(C)Nc3cc(CO)nn32)cc1NC. The van der Waals surface area contributed by atoms with Gasteiger partial charge in [0.15, 0.2) is 0 Å². The van der Waals surface area contributed by atoms with Crippen molar-refractivity contribution >= 4 is 39.9 Å². The molecule has 3 heterocycles. The number of hydrogen-bond donors (Lipinski definition) is 4. The van der Waals surface area contributed by atoms with Crippen molar-refractivity contribution in [1.82, 2.24) is 14.8 Å². The van der Waals surface area contributed by atoms with Gasteiger partial charge in [0.2, 0.25) is 0 Å². The van der Waals surface area contributed by atoms with Gasteiger partial charge in [-0.25, -0.2) is 4.68 Å². The van der Waals surface area contributed by atoms with Crippen LogP contribution in [0.2, 0.25) is 0 Å². The molecule has 0 bridgehead atoms. The molecular weight excluding hydrogens is 440 g/mol. The summed E-state index contributed by atoms with van der Waals surface area (Å²) < 4.78 is 1.75. The van der Waals surface area contributed by atoms with Gasteiger partial charge in [-0.15, -0.1) is 0 Å². The molecule has 5 rings (SSSR count). The second kappa shape index (κ2) is 9.08. The minimum Gasteiger partial charge on any atom is -0.390 e. The molecule has 176 valence electrons. The van der Waals surface area contributed by atoms with Crippen LogP contribution in [-0.2, 0) is 11.4 Å². The molecule has 1 unspecified atom stereocenters. The zero-order chi connectivity index (χ0) is 24.5. The molecule has 2 aromatic heterocycles. The van der Waals surface area contributed by atoms with Crippen molar-refractivity contribution in [3.05, 3.63) is 95.6 Å². The van der Waals surface area contributed by atoms with E-state index in [2.05, 4.69) is 32.6 Å². The predicted octanol–water partition coefficient (Wildman–Crippen LogP) is 4.54. The summed E-state index contributed by atoms with van der Waals surface area (Å²) in [6.07, 6.45) is 5.30. The second-order valence-corrected chi connectivity index (χ2v) is 8.38. The first kappa shape index (κ1) is 22.4. The Labute approximate surface area is 203 Å². The van der Waals surface area contributed by atoms with Crippen molar-refractivity contribution in [2.24, 2.45) is 0 Å². The van der Waals surface area contributed by atoms with Crippen LogP contribution in [0.25, 0.3) is 16.8 Å². The third kappa shape index (κ3) is 4.04. The van der Waals surface area contributed by atoms with E-state index in [1.54, 1.807) is 29.2 Å². The normalized spacial score (nSPS) is 14.9. The number of pyridine rings is 1. The number of hydrogen-bond acceptors (Lipinski definition) is 6. The highest BCUT2D eigenvalue weighted by atomic mass is 16.3. The summed E-state index contributed by atoms with van der Waals surface area (Å²) in [6.45, 7) is 5.56. The van der Waals surface area contributed by atoms with E-state index in [4.69, 9.17) is 0 Å².